The summed E-state index contributed by atoms with van der Waals surface area (Å²) in [6, 6.07) is 2.41. The molecule has 3 heteroatoms. The normalized spacial score (nSPS) is 12.0. The molecule has 0 aromatic heterocycles. The molecule has 0 bridgehead atoms. The van der Waals surface area contributed by atoms with E-state index in [0.29, 0.717) is 0 Å². The average Bonchev–Trinajstić information content (AvgIpc) is 2.66. The lowest BCUT2D eigenvalue weighted by Crippen LogP contribution is -2.42. The van der Waals surface area contributed by atoms with Gasteiger partial charge in [0.05, 0.1) is 0 Å². The molecule has 27 heavy (non-hydrogen) atoms. The van der Waals surface area contributed by atoms with E-state index in [1.54, 1.807) is 0 Å². The van der Waals surface area contributed by atoms with Crippen LogP contribution in [0, 0.1) is 0 Å². The highest BCUT2D eigenvalue weighted by Crippen LogP contribution is 2.26. The zero-order valence-corrected chi connectivity index (χ0v) is 20.5. The first-order valence-electron chi connectivity index (χ1n) is 12.5. The second-order valence-corrected chi connectivity index (χ2v) is 11.6. The minimum Gasteiger partial charge on any atom is -0.394 e. The van der Waals surface area contributed by atoms with E-state index in [4.69, 9.17) is 8.85 Å². The smallest absolute Gasteiger partial charge is 0.338 e. The van der Waals surface area contributed by atoms with Crippen molar-refractivity contribution >= 4 is 8.56 Å². The summed E-state index contributed by atoms with van der Waals surface area (Å²) in [5, 5.41) is 0. The Bertz CT molecular complexity index is 278. The molecule has 0 aliphatic heterocycles. The van der Waals surface area contributed by atoms with E-state index >= 15 is 0 Å². The maximum absolute atomic E-state index is 6.29. The van der Waals surface area contributed by atoms with Gasteiger partial charge in [-0.2, -0.15) is 0 Å². The Balaban J connectivity index is 3.89. The molecule has 164 valence electrons. The van der Waals surface area contributed by atoms with Gasteiger partial charge in [-0.3, -0.25) is 0 Å². The second-order valence-electron chi connectivity index (χ2n) is 8.23. The highest BCUT2D eigenvalue weighted by atomic mass is 28.4. The number of hydrogen-bond donors (Lipinski definition) is 0. The minimum absolute atomic E-state index is 0.819. The first-order valence-corrected chi connectivity index (χ1v) is 14.8. The molecule has 2 nitrogen and oxygen atoms in total. The quantitative estimate of drug-likeness (QED) is 0.133. The fourth-order valence-corrected chi connectivity index (χ4v) is 7.58. The number of unbranched alkanes of at least 4 members (excludes halogenated alkanes) is 14. The standard InChI is InChI=1S/C24H52O2Si/c1-5-9-11-13-14-15-16-17-18-20-22-24-27(25-7-3,26-8-4)23-21-19-12-10-6-2/h5-24H2,1-4H3. The fraction of sp³-hybridized carbons (Fsp3) is 1.00. The molecule has 0 unspecified atom stereocenters. The molecular weight excluding hydrogens is 348 g/mol. The van der Waals surface area contributed by atoms with Crippen LogP contribution in [0.15, 0.2) is 0 Å². The van der Waals surface area contributed by atoms with Gasteiger partial charge in [0.2, 0.25) is 0 Å². The second kappa shape index (κ2) is 20.9. The Kier molecular flexibility index (Phi) is 21.0. The third kappa shape index (κ3) is 16.8. The van der Waals surface area contributed by atoms with Gasteiger partial charge in [0.15, 0.2) is 0 Å². The van der Waals surface area contributed by atoms with Gasteiger partial charge in [-0.25, -0.2) is 0 Å². The van der Waals surface area contributed by atoms with Gasteiger partial charge >= 0.3 is 8.56 Å². The zero-order valence-electron chi connectivity index (χ0n) is 19.5. The third-order valence-electron chi connectivity index (χ3n) is 5.64. The predicted molar refractivity (Wildman–Crippen MR) is 124 cm³/mol. The lowest BCUT2D eigenvalue weighted by atomic mass is 10.1. The molecule has 0 N–H and O–H groups in total. The van der Waals surface area contributed by atoms with E-state index < -0.39 is 8.56 Å². The summed E-state index contributed by atoms with van der Waals surface area (Å²) < 4.78 is 12.6. The third-order valence-corrected chi connectivity index (χ3v) is 9.50. The Morgan fingerprint density at radius 3 is 1.00 bits per heavy atom. The van der Waals surface area contributed by atoms with E-state index in [1.165, 1.54) is 115 Å². The molecule has 0 spiro atoms. The molecule has 0 rings (SSSR count). The van der Waals surface area contributed by atoms with Crippen molar-refractivity contribution in [1.82, 2.24) is 0 Å². The van der Waals surface area contributed by atoms with Crippen molar-refractivity contribution in [3.05, 3.63) is 0 Å². The van der Waals surface area contributed by atoms with Gasteiger partial charge in [-0.1, -0.05) is 117 Å². The molecule has 0 aromatic rings. The monoisotopic (exact) mass is 400 g/mol. The van der Waals surface area contributed by atoms with Crippen LogP contribution in [0.1, 0.15) is 130 Å². The summed E-state index contributed by atoms with van der Waals surface area (Å²) in [5.41, 5.74) is 0. The van der Waals surface area contributed by atoms with Crippen LogP contribution in [0.3, 0.4) is 0 Å². The lowest BCUT2D eigenvalue weighted by Gasteiger charge is -2.30. The maximum atomic E-state index is 6.29. The van der Waals surface area contributed by atoms with Crippen molar-refractivity contribution in [2.75, 3.05) is 13.2 Å². The molecular formula is C24H52O2Si. The van der Waals surface area contributed by atoms with Gasteiger partial charge in [0.1, 0.15) is 0 Å². The van der Waals surface area contributed by atoms with Crippen molar-refractivity contribution < 1.29 is 8.85 Å². The Morgan fingerprint density at radius 1 is 0.407 bits per heavy atom. The van der Waals surface area contributed by atoms with Crippen LogP contribution in [-0.2, 0) is 8.85 Å². The summed E-state index contributed by atoms with van der Waals surface area (Å²) in [5.74, 6) is 0. The van der Waals surface area contributed by atoms with Crippen molar-refractivity contribution in [3.8, 4) is 0 Å². The van der Waals surface area contributed by atoms with Gasteiger partial charge < -0.3 is 8.85 Å². The summed E-state index contributed by atoms with van der Waals surface area (Å²) in [6.07, 6.45) is 22.2. The summed E-state index contributed by atoms with van der Waals surface area (Å²) in [6.45, 7) is 10.5. The number of hydrogen-bond acceptors (Lipinski definition) is 2. The summed E-state index contributed by atoms with van der Waals surface area (Å²) in [4.78, 5) is 0. The topological polar surface area (TPSA) is 18.5 Å². The van der Waals surface area contributed by atoms with E-state index in [2.05, 4.69) is 27.7 Å². The van der Waals surface area contributed by atoms with Crippen LogP contribution in [0.25, 0.3) is 0 Å². The van der Waals surface area contributed by atoms with Gasteiger partial charge in [-0.05, 0) is 25.9 Å². The molecule has 0 atom stereocenters. The van der Waals surface area contributed by atoms with Crippen LogP contribution < -0.4 is 0 Å². The molecule has 0 aromatic carbocycles. The molecule has 0 radical (unpaired) electrons. The SMILES string of the molecule is CCCCCCCCCCCCC[Si](CCCCCCC)(OCC)OCC. The lowest BCUT2D eigenvalue weighted by molar-refractivity contribution is 0.180. The van der Waals surface area contributed by atoms with Crippen LogP contribution >= 0.6 is 0 Å². The average molecular weight is 401 g/mol. The molecule has 0 saturated heterocycles. The Labute approximate surface area is 173 Å². The van der Waals surface area contributed by atoms with Crippen molar-refractivity contribution in [2.24, 2.45) is 0 Å². The van der Waals surface area contributed by atoms with Gasteiger partial charge in [0, 0.05) is 13.2 Å². The van der Waals surface area contributed by atoms with E-state index in [-0.39, 0.29) is 0 Å². The molecule has 0 amide bonds. The highest BCUT2D eigenvalue weighted by Gasteiger charge is 2.35. The minimum atomic E-state index is -1.95. The van der Waals surface area contributed by atoms with Crippen molar-refractivity contribution in [3.63, 3.8) is 0 Å². The van der Waals surface area contributed by atoms with Crippen LogP contribution in [0.5, 0.6) is 0 Å². The van der Waals surface area contributed by atoms with Crippen LogP contribution in [0.4, 0.5) is 0 Å². The molecule has 0 aliphatic carbocycles. The van der Waals surface area contributed by atoms with Crippen LogP contribution in [0.2, 0.25) is 12.1 Å². The first kappa shape index (κ1) is 27.1. The van der Waals surface area contributed by atoms with Crippen molar-refractivity contribution in [2.45, 2.75) is 143 Å². The molecule has 0 saturated carbocycles. The molecule has 0 aliphatic rings. The Hall–Kier alpha value is 0.137. The fourth-order valence-electron chi connectivity index (χ4n) is 4.04. The number of rotatable bonds is 22. The maximum Gasteiger partial charge on any atom is 0.338 e. The summed E-state index contributed by atoms with van der Waals surface area (Å²) in [7, 11) is -1.95. The zero-order chi connectivity index (χ0) is 20.1. The van der Waals surface area contributed by atoms with Crippen molar-refractivity contribution in [1.29, 1.82) is 0 Å². The van der Waals surface area contributed by atoms with Gasteiger partial charge in [-0.15, -0.1) is 0 Å². The molecule has 0 heterocycles. The molecule has 0 fully saturated rings. The largest absolute Gasteiger partial charge is 0.394 e. The predicted octanol–water partition coefficient (Wildman–Crippen LogP) is 8.78. The Morgan fingerprint density at radius 2 is 0.704 bits per heavy atom. The van der Waals surface area contributed by atoms with E-state index in [9.17, 15) is 0 Å². The highest BCUT2D eigenvalue weighted by molar-refractivity contribution is 6.67. The van der Waals surface area contributed by atoms with Crippen LogP contribution in [-0.4, -0.2) is 21.8 Å². The summed E-state index contributed by atoms with van der Waals surface area (Å²) >= 11 is 0. The first-order chi connectivity index (χ1) is 13.2. The van der Waals surface area contributed by atoms with E-state index in [1.807, 2.05) is 0 Å². The van der Waals surface area contributed by atoms with E-state index in [0.717, 1.165) is 13.2 Å². The van der Waals surface area contributed by atoms with Gasteiger partial charge in [0.25, 0.3) is 0 Å².